The second-order valence-electron chi connectivity index (χ2n) is 13.0. The van der Waals surface area contributed by atoms with E-state index in [-0.39, 0.29) is 42.0 Å². The Kier molecular flexibility index (Phi) is 11.0. The molecule has 1 aromatic rings. The molecular weight excluding hydrogens is 496 g/mol. The smallest absolute Gasteiger partial charge is 0.320 e. The molecule has 222 valence electrons. The van der Waals surface area contributed by atoms with Gasteiger partial charge in [0.1, 0.15) is 11.8 Å². The molecule has 9 heteroatoms. The van der Waals surface area contributed by atoms with Gasteiger partial charge in [0.2, 0.25) is 0 Å². The van der Waals surface area contributed by atoms with Crippen LogP contribution in [0, 0.1) is 17.3 Å². The molecule has 4 unspecified atom stereocenters. The van der Waals surface area contributed by atoms with Gasteiger partial charge in [-0.25, -0.2) is 4.68 Å². The Morgan fingerprint density at radius 2 is 2.00 bits per heavy atom. The van der Waals surface area contributed by atoms with Gasteiger partial charge in [0.05, 0.1) is 25.3 Å². The molecule has 4 atom stereocenters. The molecule has 0 radical (unpaired) electrons. The number of likely N-dealkylation sites (N-methyl/N-ethyl adjacent to an activating group) is 1. The van der Waals surface area contributed by atoms with Crippen molar-refractivity contribution < 1.29 is 23.8 Å². The predicted molar refractivity (Wildman–Crippen MR) is 151 cm³/mol. The highest BCUT2D eigenvalue weighted by Crippen LogP contribution is 2.52. The number of carbonyl (C=O) groups excluding carboxylic acids is 2. The highest BCUT2D eigenvalue weighted by Gasteiger charge is 2.48. The fourth-order valence-electron chi connectivity index (χ4n) is 6.27. The maximum absolute atomic E-state index is 12.9. The standard InChI is InChI=1S/C30H52N4O5/c1-9-23-16-21(17-24(28(36)37-8)30(23,5)6)27-22(20-34(32-27)25-12-10-11-15-38-25)19-33(7)14-13-31-18-26(35)39-29(2,3)4/h20-21,23-25,31H,9-19H2,1-8H3. The molecule has 2 fully saturated rings. The maximum atomic E-state index is 12.9. The molecule has 1 aliphatic heterocycles. The molecule has 0 bridgehead atoms. The number of nitrogens with zero attached hydrogens (tertiary/aromatic N) is 3. The van der Waals surface area contributed by atoms with Gasteiger partial charge in [-0.05, 0) is 71.3 Å². The van der Waals surface area contributed by atoms with Crippen LogP contribution in [0.25, 0.3) is 0 Å². The molecule has 39 heavy (non-hydrogen) atoms. The Hall–Kier alpha value is -1.97. The summed E-state index contributed by atoms with van der Waals surface area (Å²) in [5.74, 6) is 0.0644. The van der Waals surface area contributed by atoms with E-state index >= 15 is 0 Å². The number of carbonyl (C=O) groups is 2. The first kappa shape index (κ1) is 31.6. The van der Waals surface area contributed by atoms with E-state index in [9.17, 15) is 9.59 Å². The minimum atomic E-state index is -0.480. The summed E-state index contributed by atoms with van der Waals surface area (Å²) in [5.41, 5.74) is 1.67. The lowest BCUT2D eigenvalue weighted by Gasteiger charge is -2.46. The first-order chi connectivity index (χ1) is 18.4. The van der Waals surface area contributed by atoms with Crippen LogP contribution in [0.3, 0.4) is 0 Å². The second-order valence-corrected chi connectivity index (χ2v) is 13.0. The summed E-state index contributed by atoms with van der Waals surface area (Å²) in [5, 5.41) is 8.33. The third-order valence-corrected chi connectivity index (χ3v) is 8.50. The average molecular weight is 549 g/mol. The van der Waals surface area contributed by atoms with Crippen molar-refractivity contribution in [1.29, 1.82) is 0 Å². The van der Waals surface area contributed by atoms with E-state index in [0.717, 1.165) is 63.9 Å². The van der Waals surface area contributed by atoms with Gasteiger partial charge in [0.25, 0.3) is 0 Å². The van der Waals surface area contributed by atoms with Crippen molar-refractivity contribution in [2.75, 3.05) is 40.4 Å². The summed E-state index contributed by atoms with van der Waals surface area (Å²) in [6.07, 6.45) is 8.08. The van der Waals surface area contributed by atoms with Crippen molar-refractivity contribution in [3.63, 3.8) is 0 Å². The van der Waals surface area contributed by atoms with Crippen molar-refractivity contribution in [2.45, 2.75) is 104 Å². The lowest BCUT2D eigenvalue weighted by molar-refractivity contribution is -0.155. The molecule has 1 aliphatic carbocycles. The summed E-state index contributed by atoms with van der Waals surface area (Å²) in [7, 11) is 3.58. The van der Waals surface area contributed by atoms with Crippen molar-refractivity contribution >= 4 is 11.9 Å². The van der Waals surface area contributed by atoms with Crippen LogP contribution in [0.15, 0.2) is 6.20 Å². The SMILES string of the molecule is CCC1CC(c2nn(C3CCCCO3)cc2CN(C)CCNCC(=O)OC(C)(C)C)CC(C(=O)OC)C1(C)C. The molecule has 9 nitrogen and oxygen atoms in total. The number of nitrogens with one attached hydrogen (secondary N) is 1. The maximum Gasteiger partial charge on any atom is 0.320 e. The van der Waals surface area contributed by atoms with Crippen LogP contribution < -0.4 is 5.32 Å². The zero-order chi connectivity index (χ0) is 28.8. The molecule has 1 N–H and O–H groups in total. The fraction of sp³-hybridized carbons (Fsp3) is 0.833. The van der Waals surface area contributed by atoms with Crippen LogP contribution in [0.1, 0.15) is 103 Å². The molecule has 2 heterocycles. The molecule has 3 rings (SSSR count). The van der Waals surface area contributed by atoms with Crippen LogP contribution in [-0.2, 0) is 30.3 Å². The number of hydrogen-bond acceptors (Lipinski definition) is 8. The number of methoxy groups -OCH3 is 1. The Morgan fingerprint density at radius 3 is 2.62 bits per heavy atom. The van der Waals surface area contributed by atoms with Gasteiger partial charge in [-0.15, -0.1) is 0 Å². The summed E-state index contributed by atoms with van der Waals surface area (Å²) < 4.78 is 18.7. The van der Waals surface area contributed by atoms with E-state index in [1.165, 1.54) is 12.7 Å². The summed E-state index contributed by atoms with van der Waals surface area (Å²) in [6, 6.07) is 0. The Morgan fingerprint density at radius 1 is 1.26 bits per heavy atom. The number of hydrogen-bond donors (Lipinski definition) is 1. The third-order valence-electron chi connectivity index (χ3n) is 8.50. The molecule has 1 saturated heterocycles. The van der Waals surface area contributed by atoms with Crippen molar-refractivity contribution in [2.24, 2.45) is 17.3 Å². The second kappa shape index (κ2) is 13.6. The lowest BCUT2D eigenvalue weighted by atomic mass is 9.58. The number of aromatic nitrogens is 2. The first-order valence-electron chi connectivity index (χ1n) is 14.7. The van der Waals surface area contributed by atoms with Gasteiger partial charge < -0.3 is 24.4 Å². The van der Waals surface area contributed by atoms with E-state index in [1.807, 2.05) is 25.5 Å². The topological polar surface area (TPSA) is 94.9 Å². The predicted octanol–water partition coefficient (Wildman–Crippen LogP) is 4.66. The summed E-state index contributed by atoms with van der Waals surface area (Å²) >= 11 is 0. The van der Waals surface area contributed by atoms with Crippen molar-refractivity contribution in [3.05, 3.63) is 17.5 Å². The fourth-order valence-corrected chi connectivity index (χ4v) is 6.27. The van der Waals surface area contributed by atoms with Gasteiger partial charge in [-0.2, -0.15) is 5.10 Å². The summed E-state index contributed by atoms with van der Waals surface area (Å²) in [6.45, 7) is 15.4. The Bertz CT molecular complexity index is 948. The van der Waals surface area contributed by atoms with E-state index < -0.39 is 5.60 Å². The lowest BCUT2D eigenvalue weighted by Crippen LogP contribution is -2.43. The Labute approximate surface area is 235 Å². The normalized spacial score (nSPS) is 25.5. The highest BCUT2D eigenvalue weighted by atomic mass is 16.6. The highest BCUT2D eigenvalue weighted by molar-refractivity contribution is 5.73. The molecule has 0 spiro atoms. The van der Waals surface area contributed by atoms with Crippen LogP contribution in [0.5, 0.6) is 0 Å². The molecule has 1 saturated carbocycles. The van der Waals surface area contributed by atoms with Crippen molar-refractivity contribution in [3.8, 4) is 0 Å². The van der Waals surface area contributed by atoms with Gasteiger partial charge >= 0.3 is 11.9 Å². The Balaban J connectivity index is 1.75. The third kappa shape index (κ3) is 8.51. The van der Waals surface area contributed by atoms with E-state index in [1.54, 1.807) is 0 Å². The molecule has 0 aromatic carbocycles. The molecular formula is C30H52N4O5. The van der Waals surface area contributed by atoms with Crippen LogP contribution in [0.2, 0.25) is 0 Å². The minimum absolute atomic E-state index is 0.0366. The zero-order valence-corrected chi connectivity index (χ0v) is 25.5. The monoisotopic (exact) mass is 548 g/mol. The van der Waals surface area contributed by atoms with Crippen LogP contribution in [0.4, 0.5) is 0 Å². The quantitative estimate of drug-likeness (QED) is 0.315. The molecule has 2 aliphatic rings. The molecule has 1 aromatic heterocycles. The summed E-state index contributed by atoms with van der Waals surface area (Å²) in [4.78, 5) is 27.1. The van der Waals surface area contributed by atoms with Gasteiger partial charge in [-0.3, -0.25) is 9.59 Å². The number of rotatable bonds is 11. The zero-order valence-electron chi connectivity index (χ0n) is 25.5. The van der Waals surface area contributed by atoms with Gasteiger partial charge in [-0.1, -0.05) is 27.2 Å². The first-order valence-corrected chi connectivity index (χ1v) is 14.7. The van der Waals surface area contributed by atoms with Gasteiger partial charge in [0.15, 0.2) is 0 Å². The van der Waals surface area contributed by atoms with Gasteiger partial charge in [0, 0.05) is 43.9 Å². The average Bonchev–Trinajstić information content (AvgIpc) is 3.29. The van der Waals surface area contributed by atoms with E-state index in [4.69, 9.17) is 19.3 Å². The van der Waals surface area contributed by atoms with E-state index in [0.29, 0.717) is 12.5 Å². The number of esters is 2. The van der Waals surface area contributed by atoms with Crippen LogP contribution >= 0.6 is 0 Å². The van der Waals surface area contributed by atoms with E-state index in [2.05, 4.69) is 44.2 Å². The molecule has 0 amide bonds. The number of ether oxygens (including phenoxy) is 3. The largest absolute Gasteiger partial charge is 0.469 e. The minimum Gasteiger partial charge on any atom is -0.469 e. The van der Waals surface area contributed by atoms with Crippen molar-refractivity contribution in [1.82, 2.24) is 20.0 Å². The van der Waals surface area contributed by atoms with Crippen LogP contribution in [-0.4, -0.2) is 72.6 Å².